The molecule has 1 saturated carbocycles. The monoisotopic (exact) mass is 191 g/mol. The van der Waals surface area contributed by atoms with E-state index < -0.39 is 0 Å². The topological polar surface area (TPSA) is 0 Å². The van der Waals surface area contributed by atoms with Gasteiger partial charge in [-0.2, -0.15) is 0 Å². The number of hydrogen-bond donors (Lipinski definition) is 0. The molecule has 2 rings (SSSR count). The predicted molar refractivity (Wildman–Crippen MR) is 56.4 cm³/mol. The first kappa shape index (κ1) is 9.57. The van der Waals surface area contributed by atoms with Gasteiger partial charge in [-0.25, -0.2) is 4.39 Å². The minimum atomic E-state index is -0.145. The van der Waals surface area contributed by atoms with E-state index in [1.807, 2.05) is 12.1 Å². The van der Waals surface area contributed by atoms with Crippen LogP contribution in [0, 0.1) is 17.7 Å². The van der Waals surface area contributed by atoms with Crippen molar-refractivity contribution in [3.63, 3.8) is 0 Å². The normalized spacial score (nSPS) is 17.3. The summed E-state index contributed by atoms with van der Waals surface area (Å²) < 4.78 is 12.7. The molecular weight excluding hydrogens is 175 g/mol. The Morgan fingerprint density at radius 1 is 1.14 bits per heavy atom. The highest BCUT2D eigenvalue weighted by Crippen LogP contribution is 2.36. The summed E-state index contributed by atoms with van der Waals surface area (Å²) in [5.41, 5.74) is 1.21. The molecule has 1 fully saturated rings. The van der Waals surface area contributed by atoms with Gasteiger partial charge in [-0.3, -0.25) is 0 Å². The second-order valence-electron chi connectivity index (χ2n) is 4.17. The van der Waals surface area contributed by atoms with E-state index in [2.05, 4.69) is 6.92 Å². The van der Waals surface area contributed by atoms with Gasteiger partial charge < -0.3 is 0 Å². The van der Waals surface area contributed by atoms with E-state index in [0.717, 1.165) is 5.92 Å². The molecule has 0 heterocycles. The predicted octanol–water partition coefficient (Wildman–Crippen LogP) is 3.96. The molecular formula is C13H16F+. The van der Waals surface area contributed by atoms with Crippen LogP contribution in [0.15, 0.2) is 24.3 Å². The summed E-state index contributed by atoms with van der Waals surface area (Å²) in [5.74, 6) is 2.02. The van der Waals surface area contributed by atoms with Crippen molar-refractivity contribution in [3.8, 4) is 0 Å². The molecule has 0 atom stereocenters. The maximum atomic E-state index is 12.7. The van der Waals surface area contributed by atoms with Gasteiger partial charge >= 0.3 is 0 Å². The molecule has 74 valence electrons. The first-order valence-corrected chi connectivity index (χ1v) is 5.37. The Labute approximate surface area is 85.1 Å². The van der Waals surface area contributed by atoms with Crippen molar-refractivity contribution in [3.05, 3.63) is 41.6 Å². The number of benzene rings is 1. The van der Waals surface area contributed by atoms with E-state index in [1.165, 1.54) is 37.2 Å². The van der Waals surface area contributed by atoms with Crippen molar-refractivity contribution in [2.24, 2.45) is 5.92 Å². The average Bonchev–Trinajstić information content (AvgIpc) is 2.71. The minimum absolute atomic E-state index is 0.145. The van der Waals surface area contributed by atoms with E-state index in [4.69, 9.17) is 0 Å². The molecule has 0 aromatic heterocycles. The zero-order valence-electron chi connectivity index (χ0n) is 8.59. The van der Waals surface area contributed by atoms with Crippen LogP contribution in [0.2, 0.25) is 0 Å². The Balaban J connectivity index is 2.09. The van der Waals surface area contributed by atoms with Crippen molar-refractivity contribution in [2.75, 3.05) is 0 Å². The summed E-state index contributed by atoms with van der Waals surface area (Å²) in [6.07, 6.45) is 5.32. The summed E-state index contributed by atoms with van der Waals surface area (Å²) in [5, 5.41) is 0. The van der Waals surface area contributed by atoms with Gasteiger partial charge in [0, 0.05) is 43.0 Å². The summed E-state index contributed by atoms with van der Waals surface area (Å²) in [4.78, 5) is 0. The van der Waals surface area contributed by atoms with Crippen molar-refractivity contribution in [2.45, 2.75) is 32.6 Å². The van der Waals surface area contributed by atoms with Crippen LogP contribution < -0.4 is 0 Å². The highest BCUT2D eigenvalue weighted by Gasteiger charge is 2.27. The molecule has 1 aliphatic rings. The maximum Gasteiger partial charge on any atom is 0.149 e. The molecule has 1 aromatic carbocycles. The fourth-order valence-electron chi connectivity index (χ4n) is 2.31. The van der Waals surface area contributed by atoms with Gasteiger partial charge in [-0.1, -0.05) is 12.8 Å². The van der Waals surface area contributed by atoms with Crippen molar-refractivity contribution < 1.29 is 4.39 Å². The lowest BCUT2D eigenvalue weighted by Crippen LogP contribution is -2.06. The van der Waals surface area contributed by atoms with Crippen molar-refractivity contribution in [1.29, 1.82) is 0 Å². The SMILES string of the molecule is C[C+](c1ccc(F)cc1)C1CCCC1. The van der Waals surface area contributed by atoms with Crippen molar-refractivity contribution in [1.82, 2.24) is 0 Å². The second kappa shape index (κ2) is 4.04. The smallest absolute Gasteiger partial charge is 0.149 e. The summed E-state index contributed by atoms with van der Waals surface area (Å²) >= 11 is 0. The Morgan fingerprint density at radius 2 is 1.71 bits per heavy atom. The molecule has 0 spiro atoms. The molecule has 0 aliphatic heterocycles. The van der Waals surface area contributed by atoms with Crippen LogP contribution in [0.4, 0.5) is 4.39 Å². The average molecular weight is 191 g/mol. The third-order valence-corrected chi connectivity index (χ3v) is 3.27. The van der Waals surface area contributed by atoms with Crippen LogP contribution in [0.1, 0.15) is 38.2 Å². The third kappa shape index (κ3) is 1.92. The summed E-state index contributed by atoms with van der Waals surface area (Å²) in [6, 6.07) is 6.88. The zero-order valence-corrected chi connectivity index (χ0v) is 8.59. The second-order valence-corrected chi connectivity index (χ2v) is 4.17. The van der Waals surface area contributed by atoms with Crippen LogP contribution in [0.25, 0.3) is 0 Å². The largest absolute Gasteiger partial charge is 0.204 e. The highest BCUT2D eigenvalue weighted by atomic mass is 19.1. The quantitative estimate of drug-likeness (QED) is 0.621. The molecule has 1 aromatic rings. The van der Waals surface area contributed by atoms with Gasteiger partial charge in [0.15, 0.2) is 0 Å². The molecule has 0 unspecified atom stereocenters. The van der Waals surface area contributed by atoms with Crippen LogP contribution in [-0.2, 0) is 0 Å². The Hall–Kier alpha value is -0.980. The minimum Gasteiger partial charge on any atom is -0.204 e. The van der Waals surface area contributed by atoms with E-state index in [1.54, 1.807) is 12.1 Å². The van der Waals surface area contributed by atoms with Gasteiger partial charge in [-0.15, -0.1) is 0 Å². The number of hydrogen-bond acceptors (Lipinski definition) is 0. The van der Waals surface area contributed by atoms with Crippen LogP contribution in [-0.4, -0.2) is 0 Å². The van der Waals surface area contributed by atoms with Gasteiger partial charge in [0.25, 0.3) is 0 Å². The summed E-state index contributed by atoms with van der Waals surface area (Å²) in [7, 11) is 0. The van der Waals surface area contributed by atoms with E-state index in [9.17, 15) is 4.39 Å². The lowest BCUT2D eigenvalue weighted by molar-refractivity contribution is 0.582. The molecule has 14 heavy (non-hydrogen) atoms. The standard InChI is InChI=1S/C13H16F/c1-10(11-4-2-3-5-11)12-6-8-13(14)9-7-12/h6-9,11H,2-5H2,1H3/q+1. The Kier molecular flexibility index (Phi) is 2.76. The maximum absolute atomic E-state index is 12.7. The van der Waals surface area contributed by atoms with Gasteiger partial charge in [0.2, 0.25) is 0 Å². The van der Waals surface area contributed by atoms with Crippen LogP contribution in [0.3, 0.4) is 0 Å². The Morgan fingerprint density at radius 3 is 2.29 bits per heavy atom. The molecule has 0 N–H and O–H groups in total. The molecule has 1 heteroatoms. The lowest BCUT2D eigenvalue weighted by atomic mass is 9.86. The van der Waals surface area contributed by atoms with E-state index in [-0.39, 0.29) is 5.82 Å². The number of rotatable bonds is 2. The highest BCUT2D eigenvalue weighted by molar-refractivity contribution is 5.31. The van der Waals surface area contributed by atoms with E-state index in [0.29, 0.717) is 0 Å². The van der Waals surface area contributed by atoms with E-state index >= 15 is 0 Å². The summed E-state index contributed by atoms with van der Waals surface area (Å²) in [6.45, 7) is 2.18. The molecule has 0 radical (unpaired) electrons. The van der Waals surface area contributed by atoms with Gasteiger partial charge in [0.05, 0.1) is 0 Å². The fourth-order valence-corrected chi connectivity index (χ4v) is 2.31. The molecule has 1 aliphatic carbocycles. The van der Waals surface area contributed by atoms with Gasteiger partial charge in [0.1, 0.15) is 11.4 Å². The zero-order chi connectivity index (χ0) is 9.97. The van der Waals surface area contributed by atoms with Crippen LogP contribution in [0.5, 0.6) is 0 Å². The lowest BCUT2D eigenvalue weighted by Gasteiger charge is -2.12. The van der Waals surface area contributed by atoms with Crippen LogP contribution >= 0.6 is 0 Å². The first-order valence-electron chi connectivity index (χ1n) is 5.37. The molecule has 0 bridgehead atoms. The fraction of sp³-hybridized carbons (Fsp3) is 0.462. The molecule has 0 saturated heterocycles. The Bertz CT molecular complexity index is 283. The van der Waals surface area contributed by atoms with Gasteiger partial charge in [-0.05, 0) is 12.8 Å². The third-order valence-electron chi connectivity index (χ3n) is 3.27. The first-order chi connectivity index (χ1) is 6.77. The molecule has 0 amide bonds. The number of halogens is 1. The van der Waals surface area contributed by atoms with Crippen molar-refractivity contribution >= 4 is 0 Å². The molecule has 0 nitrogen and oxygen atoms in total.